The lowest BCUT2D eigenvalue weighted by Crippen LogP contribution is -2.38. The monoisotopic (exact) mass is 463 g/mol. The molecule has 0 spiro atoms. The molecule has 0 amide bonds. The summed E-state index contributed by atoms with van der Waals surface area (Å²) in [5, 5.41) is 6.80. The van der Waals surface area contributed by atoms with Gasteiger partial charge in [0.15, 0.2) is 5.96 Å². The lowest BCUT2D eigenvalue weighted by molar-refractivity contribution is 0.599. The van der Waals surface area contributed by atoms with Gasteiger partial charge in [-0.25, -0.2) is 14.4 Å². The standard InChI is InChI=1S/C16H19ClFN5.HI/c1-2-19-16(23-11-14-13(18)4-3-8-20-14)21-9-7-12-5-6-15(17)22-10-12;/h3-6,8,10H,2,7,9,11H2,1H3,(H2,19,21,23);1H. The van der Waals surface area contributed by atoms with Crippen molar-refractivity contribution in [3.8, 4) is 0 Å². The van der Waals surface area contributed by atoms with Crippen LogP contribution >= 0.6 is 35.6 Å². The third kappa shape index (κ3) is 6.96. The lowest BCUT2D eigenvalue weighted by atomic mass is 10.2. The Hall–Kier alpha value is -1.48. The van der Waals surface area contributed by atoms with E-state index in [2.05, 4.69) is 25.6 Å². The zero-order valence-corrected chi connectivity index (χ0v) is 16.4. The van der Waals surface area contributed by atoms with Crippen molar-refractivity contribution < 1.29 is 4.39 Å². The Morgan fingerprint density at radius 2 is 2.08 bits per heavy atom. The maximum absolute atomic E-state index is 13.5. The molecule has 0 aromatic carbocycles. The summed E-state index contributed by atoms with van der Waals surface area (Å²) in [7, 11) is 0. The number of aliphatic imine (C=N–C) groups is 1. The van der Waals surface area contributed by atoms with Gasteiger partial charge in [0, 0.05) is 25.5 Å². The zero-order valence-electron chi connectivity index (χ0n) is 13.3. The van der Waals surface area contributed by atoms with E-state index in [9.17, 15) is 4.39 Å². The first kappa shape index (κ1) is 20.6. The Morgan fingerprint density at radius 3 is 2.75 bits per heavy atom. The largest absolute Gasteiger partial charge is 0.357 e. The van der Waals surface area contributed by atoms with E-state index in [0.29, 0.717) is 23.4 Å². The first-order valence-corrected chi connectivity index (χ1v) is 7.79. The third-order valence-electron chi connectivity index (χ3n) is 3.06. The van der Waals surface area contributed by atoms with Gasteiger partial charge >= 0.3 is 0 Å². The van der Waals surface area contributed by atoms with Gasteiger partial charge in [0.05, 0.1) is 12.2 Å². The Labute approximate surface area is 163 Å². The second-order valence-electron chi connectivity index (χ2n) is 4.79. The van der Waals surface area contributed by atoms with Crippen LogP contribution in [0.2, 0.25) is 5.15 Å². The smallest absolute Gasteiger partial charge is 0.191 e. The highest BCUT2D eigenvalue weighted by Gasteiger charge is 2.03. The number of pyridine rings is 2. The number of nitrogens with one attached hydrogen (secondary N) is 2. The Bertz CT molecular complexity index is 651. The molecule has 2 rings (SSSR count). The van der Waals surface area contributed by atoms with Crippen LogP contribution in [0, 0.1) is 5.82 Å². The number of guanidine groups is 1. The van der Waals surface area contributed by atoms with Crippen molar-refractivity contribution in [3.63, 3.8) is 0 Å². The van der Waals surface area contributed by atoms with E-state index in [-0.39, 0.29) is 36.3 Å². The Morgan fingerprint density at radius 1 is 1.25 bits per heavy atom. The summed E-state index contributed by atoms with van der Waals surface area (Å²) in [4.78, 5) is 12.4. The minimum Gasteiger partial charge on any atom is -0.357 e. The van der Waals surface area contributed by atoms with E-state index in [1.165, 1.54) is 6.07 Å². The fourth-order valence-electron chi connectivity index (χ4n) is 1.91. The maximum atomic E-state index is 13.5. The van der Waals surface area contributed by atoms with E-state index in [4.69, 9.17) is 11.6 Å². The molecule has 130 valence electrons. The molecule has 0 aliphatic rings. The third-order valence-corrected chi connectivity index (χ3v) is 3.28. The van der Waals surface area contributed by atoms with Crippen molar-refractivity contribution >= 4 is 41.5 Å². The van der Waals surface area contributed by atoms with Crippen LogP contribution in [-0.4, -0.2) is 29.0 Å². The van der Waals surface area contributed by atoms with Crippen molar-refractivity contribution in [2.75, 3.05) is 13.1 Å². The van der Waals surface area contributed by atoms with Gasteiger partial charge in [0.25, 0.3) is 0 Å². The second kappa shape index (κ2) is 11.1. The van der Waals surface area contributed by atoms with E-state index >= 15 is 0 Å². The SMILES string of the molecule is CCNC(=NCc1ncccc1F)NCCc1ccc(Cl)nc1.I. The van der Waals surface area contributed by atoms with Crippen LogP contribution in [-0.2, 0) is 13.0 Å². The number of hydrogen-bond acceptors (Lipinski definition) is 3. The summed E-state index contributed by atoms with van der Waals surface area (Å²) < 4.78 is 13.5. The summed E-state index contributed by atoms with van der Waals surface area (Å²) in [6.45, 7) is 3.56. The lowest BCUT2D eigenvalue weighted by Gasteiger charge is -2.11. The van der Waals surface area contributed by atoms with E-state index < -0.39 is 0 Å². The van der Waals surface area contributed by atoms with Gasteiger partial charge in [-0.3, -0.25) is 4.98 Å². The highest BCUT2D eigenvalue weighted by atomic mass is 127. The molecule has 2 heterocycles. The Kier molecular flexibility index (Phi) is 9.55. The molecule has 0 bridgehead atoms. The average molecular weight is 464 g/mol. The number of nitrogens with zero attached hydrogens (tertiary/aromatic N) is 3. The average Bonchev–Trinajstić information content (AvgIpc) is 2.56. The Balaban J connectivity index is 0.00000288. The summed E-state index contributed by atoms with van der Waals surface area (Å²) in [6.07, 6.45) is 4.09. The van der Waals surface area contributed by atoms with Crippen LogP contribution in [0.4, 0.5) is 4.39 Å². The van der Waals surface area contributed by atoms with Crippen LogP contribution in [0.1, 0.15) is 18.2 Å². The van der Waals surface area contributed by atoms with Crippen molar-refractivity contribution in [2.45, 2.75) is 19.9 Å². The molecule has 2 aromatic rings. The fraction of sp³-hybridized carbons (Fsp3) is 0.312. The molecule has 0 atom stereocenters. The molecule has 24 heavy (non-hydrogen) atoms. The topological polar surface area (TPSA) is 62.2 Å². The predicted octanol–water partition coefficient (Wildman–Crippen LogP) is 3.18. The fourth-order valence-corrected chi connectivity index (χ4v) is 2.02. The van der Waals surface area contributed by atoms with Gasteiger partial charge in [-0.1, -0.05) is 17.7 Å². The van der Waals surface area contributed by atoms with Gasteiger partial charge in [0.1, 0.15) is 11.0 Å². The molecule has 0 unspecified atom stereocenters. The molecule has 0 saturated carbocycles. The van der Waals surface area contributed by atoms with Crippen molar-refractivity contribution in [1.29, 1.82) is 0 Å². The summed E-state index contributed by atoms with van der Waals surface area (Å²) in [5.74, 6) is 0.277. The molecule has 0 saturated heterocycles. The molecule has 8 heteroatoms. The quantitative estimate of drug-likeness (QED) is 0.299. The molecule has 5 nitrogen and oxygen atoms in total. The van der Waals surface area contributed by atoms with Gasteiger partial charge in [-0.15, -0.1) is 24.0 Å². The predicted molar refractivity (Wildman–Crippen MR) is 105 cm³/mol. The van der Waals surface area contributed by atoms with Crippen LogP contribution < -0.4 is 10.6 Å². The van der Waals surface area contributed by atoms with Crippen molar-refractivity contribution in [3.05, 3.63) is 58.9 Å². The summed E-state index contributed by atoms with van der Waals surface area (Å²) in [5.41, 5.74) is 1.40. The van der Waals surface area contributed by atoms with Gasteiger partial charge in [-0.2, -0.15) is 0 Å². The number of aromatic nitrogens is 2. The van der Waals surface area contributed by atoms with Gasteiger partial charge < -0.3 is 10.6 Å². The van der Waals surface area contributed by atoms with Gasteiger partial charge in [0.2, 0.25) is 0 Å². The molecule has 2 N–H and O–H groups in total. The number of hydrogen-bond donors (Lipinski definition) is 2. The molecule has 0 fully saturated rings. The van der Waals surface area contributed by atoms with Crippen LogP contribution in [0.3, 0.4) is 0 Å². The molecule has 0 aliphatic carbocycles. The van der Waals surface area contributed by atoms with E-state index in [1.54, 1.807) is 24.5 Å². The van der Waals surface area contributed by atoms with Gasteiger partial charge in [-0.05, 0) is 37.1 Å². The normalized spacial score (nSPS) is 10.9. The van der Waals surface area contributed by atoms with E-state index in [1.807, 2.05) is 13.0 Å². The molecule has 0 aliphatic heterocycles. The van der Waals surface area contributed by atoms with Crippen LogP contribution in [0.15, 0.2) is 41.7 Å². The highest BCUT2D eigenvalue weighted by molar-refractivity contribution is 14.0. The second-order valence-corrected chi connectivity index (χ2v) is 5.18. The maximum Gasteiger partial charge on any atom is 0.191 e. The van der Waals surface area contributed by atoms with Crippen LogP contribution in [0.5, 0.6) is 0 Å². The minimum absolute atomic E-state index is 0. The van der Waals surface area contributed by atoms with Crippen LogP contribution in [0.25, 0.3) is 0 Å². The summed E-state index contributed by atoms with van der Waals surface area (Å²) >= 11 is 5.76. The highest BCUT2D eigenvalue weighted by Crippen LogP contribution is 2.05. The zero-order chi connectivity index (χ0) is 16.5. The first-order valence-electron chi connectivity index (χ1n) is 7.41. The summed E-state index contributed by atoms with van der Waals surface area (Å²) in [6, 6.07) is 6.64. The minimum atomic E-state index is -0.348. The molecular weight excluding hydrogens is 444 g/mol. The molecule has 0 radical (unpaired) electrons. The van der Waals surface area contributed by atoms with Crippen molar-refractivity contribution in [1.82, 2.24) is 20.6 Å². The molecule has 2 aromatic heterocycles. The van der Waals surface area contributed by atoms with Crippen molar-refractivity contribution in [2.24, 2.45) is 4.99 Å². The molecular formula is C16H20ClFIN5. The number of rotatable bonds is 6. The number of halogens is 3. The van der Waals surface area contributed by atoms with E-state index in [0.717, 1.165) is 18.5 Å². The first-order chi connectivity index (χ1) is 11.2.